The zero-order valence-corrected chi connectivity index (χ0v) is 20.4. The second-order valence-corrected chi connectivity index (χ2v) is 10.2. The molecule has 0 spiro atoms. The number of carbonyl (C=O) groups is 1. The van der Waals surface area contributed by atoms with E-state index >= 15 is 0 Å². The van der Waals surface area contributed by atoms with Crippen LogP contribution in [0.1, 0.15) is 42.9 Å². The number of aryl methyl sites for hydroxylation is 1. The number of rotatable bonds is 7. The lowest BCUT2D eigenvalue weighted by molar-refractivity contribution is -0.121. The highest BCUT2D eigenvalue weighted by Gasteiger charge is 2.22. The highest BCUT2D eigenvalue weighted by molar-refractivity contribution is 7.13. The summed E-state index contributed by atoms with van der Waals surface area (Å²) >= 11 is 1.61. The van der Waals surface area contributed by atoms with Gasteiger partial charge in [0.25, 0.3) is 0 Å². The number of piperazine rings is 1. The maximum Gasteiger partial charge on any atom is 0.220 e. The molecule has 2 aliphatic rings. The van der Waals surface area contributed by atoms with Crippen LogP contribution in [0.4, 0.5) is 5.82 Å². The van der Waals surface area contributed by atoms with Crippen molar-refractivity contribution in [2.45, 2.75) is 51.5 Å². The molecule has 0 saturated carbocycles. The van der Waals surface area contributed by atoms with Crippen molar-refractivity contribution in [2.75, 3.05) is 37.6 Å². The van der Waals surface area contributed by atoms with E-state index in [1.54, 1.807) is 11.5 Å². The van der Waals surface area contributed by atoms with E-state index in [9.17, 15) is 4.79 Å². The number of carbonyl (C=O) groups excluding carboxylic acids is 1. The quantitative estimate of drug-likeness (QED) is 0.564. The average molecular weight is 463 g/mol. The van der Waals surface area contributed by atoms with E-state index < -0.39 is 0 Å². The van der Waals surface area contributed by atoms with Gasteiger partial charge in [-0.15, -0.1) is 0 Å². The Morgan fingerprint density at radius 1 is 1.12 bits per heavy atom. The number of fused-ring (bicyclic) bond motifs is 2. The van der Waals surface area contributed by atoms with Crippen LogP contribution < -0.4 is 10.2 Å². The van der Waals surface area contributed by atoms with Gasteiger partial charge in [-0.3, -0.25) is 9.69 Å². The van der Waals surface area contributed by atoms with Gasteiger partial charge in [0.1, 0.15) is 5.82 Å². The Hall–Kier alpha value is -2.44. The minimum absolute atomic E-state index is 0.200. The molecule has 1 N–H and O–H groups in total. The highest BCUT2D eigenvalue weighted by atomic mass is 32.1. The molecular formula is C27H34N4OS. The molecule has 6 heteroatoms. The Bertz CT molecular complexity index is 1100. The van der Waals surface area contributed by atoms with E-state index in [0.29, 0.717) is 12.5 Å². The Morgan fingerprint density at radius 3 is 2.82 bits per heavy atom. The molecule has 1 unspecified atom stereocenters. The zero-order chi connectivity index (χ0) is 22.6. The molecule has 5 rings (SSSR count). The largest absolute Gasteiger partial charge is 0.353 e. The summed E-state index contributed by atoms with van der Waals surface area (Å²) in [6.07, 6.45) is 5.74. The van der Waals surface area contributed by atoms with Crippen molar-refractivity contribution in [1.29, 1.82) is 0 Å². The molecule has 174 valence electrons. The summed E-state index contributed by atoms with van der Waals surface area (Å²) in [5.74, 6) is 1.36. The third kappa shape index (κ3) is 5.22. The Labute approximate surface area is 200 Å². The molecule has 1 fully saturated rings. The first kappa shape index (κ1) is 22.4. The molecule has 1 aromatic heterocycles. The third-order valence-electron chi connectivity index (χ3n) is 7.09. The maximum atomic E-state index is 11.9. The SMILES string of the molecule is CCCC(=O)NC1CCc2cc(CCN3CCN(c4nsc5ccccc45)CC3)ccc2C1. The van der Waals surface area contributed by atoms with Gasteiger partial charge < -0.3 is 10.2 Å². The van der Waals surface area contributed by atoms with E-state index in [1.807, 2.05) is 0 Å². The van der Waals surface area contributed by atoms with Gasteiger partial charge in [-0.2, -0.15) is 4.37 Å². The van der Waals surface area contributed by atoms with Crippen molar-refractivity contribution in [2.24, 2.45) is 0 Å². The normalized spacial score (nSPS) is 18.9. The lowest BCUT2D eigenvalue weighted by Crippen LogP contribution is -2.47. The molecule has 3 aromatic rings. The Morgan fingerprint density at radius 2 is 1.97 bits per heavy atom. The molecule has 2 aromatic carbocycles. The van der Waals surface area contributed by atoms with E-state index in [1.165, 1.54) is 26.8 Å². The van der Waals surface area contributed by atoms with Crippen molar-refractivity contribution in [1.82, 2.24) is 14.6 Å². The minimum atomic E-state index is 0.200. The number of hydrogen-bond donors (Lipinski definition) is 1. The van der Waals surface area contributed by atoms with Crippen molar-refractivity contribution in [3.63, 3.8) is 0 Å². The van der Waals surface area contributed by atoms with Crippen LogP contribution in [-0.2, 0) is 24.1 Å². The molecule has 2 heterocycles. The van der Waals surface area contributed by atoms with Crippen LogP contribution in [-0.4, -0.2) is 53.9 Å². The summed E-state index contributed by atoms with van der Waals surface area (Å²) < 4.78 is 6.01. The van der Waals surface area contributed by atoms with E-state index in [0.717, 1.165) is 70.6 Å². The van der Waals surface area contributed by atoms with Gasteiger partial charge in [0, 0.05) is 50.6 Å². The number of hydrogen-bond acceptors (Lipinski definition) is 5. The summed E-state index contributed by atoms with van der Waals surface area (Å²) in [5, 5.41) is 4.50. The average Bonchev–Trinajstić information content (AvgIpc) is 3.27. The molecule has 5 nitrogen and oxygen atoms in total. The number of benzene rings is 2. The van der Waals surface area contributed by atoms with Gasteiger partial charge in [-0.25, -0.2) is 0 Å². The lowest BCUT2D eigenvalue weighted by Gasteiger charge is -2.35. The van der Waals surface area contributed by atoms with Crippen molar-refractivity contribution < 1.29 is 4.79 Å². The van der Waals surface area contributed by atoms with Crippen molar-refractivity contribution in [3.05, 3.63) is 59.2 Å². The van der Waals surface area contributed by atoms with Gasteiger partial charge in [0.05, 0.1) is 4.70 Å². The first-order valence-corrected chi connectivity index (χ1v) is 13.2. The predicted octanol–water partition coefficient (Wildman–Crippen LogP) is 4.43. The predicted molar refractivity (Wildman–Crippen MR) is 137 cm³/mol. The topological polar surface area (TPSA) is 48.5 Å². The zero-order valence-electron chi connectivity index (χ0n) is 19.6. The van der Waals surface area contributed by atoms with Crippen molar-refractivity contribution >= 4 is 33.3 Å². The molecule has 1 aliphatic heterocycles. The summed E-state index contributed by atoms with van der Waals surface area (Å²) in [6, 6.07) is 15.9. The Kier molecular flexibility index (Phi) is 6.93. The Balaban J connectivity index is 1.11. The maximum absolute atomic E-state index is 11.9. The monoisotopic (exact) mass is 462 g/mol. The summed E-state index contributed by atoms with van der Waals surface area (Å²) in [5.41, 5.74) is 4.33. The summed E-state index contributed by atoms with van der Waals surface area (Å²) in [7, 11) is 0. The third-order valence-corrected chi connectivity index (χ3v) is 7.91. The first-order chi connectivity index (χ1) is 16.2. The molecule has 1 aliphatic carbocycles. The van der Waals surface area contributed by atoms with Crippen molar-refractivity contribution in [3.8, 4) is 0 Å². The molecule has 33 heavy (non-hydrogen) atoms. The number of nitrogens with one attached hydrogen (secondary N) is 1. The molecular weight excluding hydrogens is 428 g/mol. The second-order valence-electron chi connectivity index (χ2n) is 9.44. The fourth-order valence-corrected chi connectivity index (χ4v) is 5.98. The fraction of sp³-hybridized carbons (Fsp3) is 0.481. The van der Waals surface area contributed by atoms with Crippen LogP contribution in [0, 0.1) is 0 Å². The molecule has 0 radical (unpaired) electrons. The van der Waals surface area contributed by atoms with E-state index in [4.69, 9.17) is 4.37 Å². The van der Waals surface area contributed by atoms with Crippen LogP contribution in [0.5, 0.6) is 0 Å². The first-order valence-electron chi connectivity index (χ1n) is 12.4. The van der Waals surface area contributed by atoms with Gasteiger partial charge in [-0.05, 0) is 72.5 Å². The second kappa shape index (κ2) is 10.2. The van der Waals surface area contributed by atoms with Gasteiger partial charge in [-0.1, -0.05) is 37.3 Å². The van der Waals surface area contributed by atoms with Crippen LogP contribution in [0.15, 0.2) is 42.5 Å². The minimum Gasteiger partial charge on any atom is -0.353 e. The van der Waals surface area contributed by atoms with Crippen LogP contribution in [0.2, 0.25) is 0 Å². The highest BCUT2D eigenvalue weighted by Crippen LogP contribution is 2.30. The smallest absolute Gasteiger partial charge is 0.220 e. The van der Waals surface area contributed by atoms with E-state index in [-0.39, 0.29) is 5.91 Å². The molecule has 1 saturated heterocycles. The lowest BCUT2D eigenvalue weighted by atomic mass is 9.86. The van der Waals surface area contributed by atoms with Gasteiger partial charge >= 0.3 is 0 Å². The molecule has 0 bridgehead atoms. The standard InChI is InChI=1S/C27H34N4OS/c1-2-5-26(32)28-23-11-10-21-18-20(8-9-22(21)19-23)12-13-30-14-16-31(17-15-30)27-24-6-3-4-7-25(24)33-29-27/h3-4,6-9,18,23H,2,5,10-17,19H2,1H3,(H,28,32). The van der Waals surface area contributed by atoms with Crippen LogP contribution in [0.25, 0.3) is 10.1 Å². The summed E-state index contributed by atoms with van der Waals surface area (Å²) in [4.78, 5) is 17.0. The van der Waals surface area contributed by atoms with Gasteiger partial charge in [0.2, 0.25) is 5.91 Å². The number of amides is 1. The number of nitrogens with zero attached hydrogens (tertiary/aromatic N) is 3. The number of aromatic nitrogens is 1. The van der Waals surface area contributed by atoms with Gasteiger partial charge in [0.15, 0.2) is 0 Å². The van der Waals surface area contributed by atoms with Crippen LogP contribution in [0.3, 0.4) is 0 Å². The fourth-order valence-electron chi connectivity index (χ4n) is 5.19. The molecule has 1 amide bonds. The molecule has 1 atom stereocenters. The van der Waals surface area contributed by atoms with Crippen LogP contribution >= 0.6 is 11.5 Å². The van der Waals surface area contributed by atoms with E-state index in [2.05, 4.69) is 64.5 Å². The number of anilines is 1. The summed E-state index contributed by atoms with van der Waals surface area (Å²) in [6.45, 7) is 7.44.